The fourth-order valence-corrected chi connectivity index (χ4v) is 2.73. The van der Waals surface area contributed by atoms with Gasteiger partial charge in [0.05, 0.1) is 5.92 Å². The standard InChI is InChI=1S/C13H21N3O2/c1-10-15-6-8-16(10)7-5-14-9-11-3-2-4-12(11)13(17)18/h6,8,11-12,14H,2-5,7,9H2,1H3,(H,17,18). The van der Waals surface area contributed by atoms with Crippen LogP contribution in [0.5, 0.6) is 0 Å². The molecule has 0 aromatic carbocycles. The number of imidazole rings is 1. The minimum Gasteiger partial charge on any atom is -0.481 e. The van der Waals surface area contributed by atoms with E-state index in [-0.39, 0.29) is 5.92 Å². The summed E-state index contributed by atoms with van der Waals surface area (Å²) in [6.45, 7) is 4.54. The molecule has 1 aromatic heterocycles. The number of carboxylic acids is 1. The van der Waals surface area contributed by atoms with E-state index >= 15 is 0 Å². The SMILES string of the molecule is Cc1nccn1CCNCC1CCCC1C(=O)O. The number of aromatic nitrogens is 2. The first kappa shape index (κ1) is 13.1. The lowest BCUT2D eigenvalue weighted by molar-refractivity contribution is -0.142. The third kappa shape index (κ3) is 3.10. The van der Waals surface area contributed by atoms with Crippen LogP contribution in [0.25, 0.3) is 0 Å². The van der Waals surface area contributed by atoms with Crippen LogP contribution in [0.1, 0.15) is 25.1 Å². The molecule has 1 fully saturated rings. The van der Waals surface area contributed by atoms with E-state index in [0.29, 0.717) is 5.92 Å². The number of nitrogens with one attached hydrogen (secondary N) is 1. The number of aliphatic carboxylic acids is 1. The molecular formula is C13H21N3O2. The number of rotatable bonds is 6. The van der Waals surface area contributed by atoms with Gasteiger partial charge in [-0.1, -0.05) is 6.42 Å². The van der Waals surface area contributed by atoms with E-state index in [4.69, 9.17) is 5.11 Å². The van der Waals surface area contributed by atoms with Crippen molar-refractivity contribution in [3.63, 3.8) is 0 Å². The summed E-state index contributed by atoms with van der Waals surface area (Å²) in [5.74, 6) is 0.532. The van der Waals surface area contributed by atoms with Crippen LogP contribution < -0.4 is 5.32 Å². The number of hydrogen-bond acceptors (Lipinski definition) is 3. The number of carbonyl (C=O) groups is 1. The van der Waals surface area contributed by atoms with E-state index in [0.717, 1.165) is 44.7 Å². The van der Waals surface area contributed by atoms with Crippen LogP contribution in [0.3, 0.4) is 0 Å². The molecule has 1 aliphatic rings. The third-order valence-electron chi connectivity index (χ3n) is 3.84. The normalized spacial score (nSPS) is 23.4. The molecule has 2 rings (SSSR count). The van der Waals surface area contributed by atoms with Crippen molar-refractivity contribution < 1.29 is 9.90 Å². The van der Waals surface area contributed by atoms with Gasteiger partial charge in [0, 0.05) is 25.5 Å². The largest absolute Gasteiger partial charge is 0.481 e. The molecule has 0 amide bonds. The van der Waals surface area contributed by atoms with Gasteiger partial charge in [-0.25, -0.2) is 4.98 Å². The Labute approximate surface area is 107 Å². The average molecular weight is 251 g/mol. The van der Waals surface area contributed by atoms with Gasteiger partial charge in [0.15, 0.2) is 0 Å². The van der Waals surface area contributed by atoms with Crippen molar-refractivity contribution in [1.29, 1.82) is 0 Å². The Kier molecular flexibility index (Phi) is 4.36. The predicted octanol–water partition coefficient (Wildman–Crippen LogP) is 1.28. The smallest absolute Gasteiger partial charge is 0.306 e. The van der Waals surface area contributed by atoms with Crippen molar-refractivity contribution in [2.75, 3.05) is 13.1 Å². The van der Waals surface area contributed by atoms with Crippen molar-refractivity contribution in [1.82, 2.24) is 14.9 Å². The zero-order valence-electron chi connectivity index (χ0n) is 10.8. The first-order valence-electron chi connectivity index (χ1n) is 6.59. The second kappa shape index (κ2) is 6.00. The van der Waals surface area contributed by atoms with Crippen LogP contribution in [0.15, 0.2) is 12.4 Å². The van der Waals surface area contributed by atoms with Gasteiger partial charge < -0.3 is 15.0 Å². The molecule has 100 valence electrons. The maximum atomic E-state index is 11.0. The summed E-state index contributed by atoms with van der Waals surface area (Å²) in [5, 5.41) is 12.5. The highest BCUT2D eigenvalue weighted by Gasteiger charge is 2.32. The van der Waals surface area contributed by atoms with E-state index in [1.807, 2.05) is 13.1 Å². The number of hydrogen-bond donors (Lipinski definition) is 2. The summed E-state index contributed by atoms with van der Waals surface area (Å²) in [7, 11) is 0. The topological polar surface area (TPSA) is 67.2 Å². The Morgan fingerprint density at radius 3 is 3.11 bits per heavy atom. The highest BCUT2D eigenvalue weighted by molar-refractivity contribution is 5.70. The van der Waals surface area contributed by atoms with Gasteiger partial charge in [-0.15, -0.1) is 0 Å². The number of carboxylic acid groups (broad SMARTS) is 1. The molecule has 2 N–H and O–H groups in total. The monoisotopic (exact) mass is 251 g/mol. The molecule has 1 heterocycles. The van der Waals surface area contributed by atoms with E-state index < -0.39 is 5.97 Å². The summed E-state index contributed by atoms with van der Waals surface area (Å²) in [6.07, 6.45) is 6.68. The molecule has 2 unspecified atom stereocenters. The van der Waals surface area contributed by atoms with Gasteiger partial charge >= 0.3 is 5.97 Å². The second-order valence-corrected chi connectivity index (χ2v) is 5.01. The van der Waals surface area contributed by atoms with Gasteiger partial charge in [-0.3, -0.25) is 4.79 Å². The molecule has 0 saturated heterocycles. The summed E-state index contributed by atoms with van der Waals surface area (Å²) in [4.78, 5) is 15.2. The second-order valence-electron chi connectivity index (χ2n) is 5.01. The highest BCUT2D eigenvalue weighted by Crippen LogP contribution is 2.31. The van der Waals surface area contributed by atoms with Crippen molar-refractivity contribution >= 4 is 5.97 Å². The Morgan fingerprint density at radius 1 is 1.61 bits per heavy atom. The highest BCUT2D eigenvalue weighted by atomic mass is 16.4. The van der Waals surface area contributed by atoms with Gasteiger partial charge in [0.25, 0.3) is 0 Å². The molecule has 0 radical (unpaired) electrons. The summed E-state index contributed by atoms with van der Waals surface area (Å²) < 4.78 is 2.09. The first-order chi connectivity index (χ1) is 8.68. The quantitative estimate of drug-likeness (QED) is 0.747. The molecule has 1 saturated carbocycles. The minimum atomic E-state index is -0.634. The number of aryl methyl sites for hydroxylation is 1. The minimum absolute atomic E-state index is 0.146. The zero-order valence-corrected chi connectivity index (χ0v) is 10.8. The fourth-order valence-electron chi connectivity index (χ4n) is 2.73. The van der Waals surface area contributed by atoms with E-state index in [9.17, 15) is 4.79 Å². The Morgan fingerprint density at radius 2 is 2.44 bits per heavy atom. The van der Waals surface area contributed by atoms with Gasteiger partial charge in [0.1, 0.15) is 5.82 Å². The lowest BCUT2D eigenvalue weighted by Crippen LogP contribution is -2.31. The van der Waals surface area contributed by atoms with Crippen LogP contribution in [0.4, 0.5) is 0 Å². The van der Waals surface area contributed by atoms with Gasteiger partial charge in [-0.05, 0) is 32.2 Å². The van der Waals surface area contributed by atoms with Crippen LogP contribution in [0.2, 0.25) is 0 Å². The maximum absolute atomic E-state index is 11.0. The zero-order chi connectivity index (χ0) is 13.0. The van der Waals surface area contributed by atoms with Crippen LogP contribution in [0, 0.1) is 18.8 Å². The fraction of sp³-hybridized carbons (Fsp3) is 0.692. The molecule has 2 atom stereocenters. The number of nitrogens with zero attached hydrogens (tertiary/aromatic N) is 2. The van der Waals surface area contributed by atoms with Crippen molar-refractivity contribution in [2.45, 2.75) is 32.7 Å². The van der Waals surface area contributed by atoms with E-state index in [2.05, 4.69) is 14.9 Å². The van der Waals surface area contributed by atoms with E-state index in [1.165, 1.54) is 0 Å². The molecule has 0 aliphatic heterocycles. The van der Waals surface area contributed by atoms with Crippen LogP contribution >= 0.6 is 0 Å². The summed E-state index contributed by atoms with van der Waals surface area (Å²) >= 11 is 0. The van der Waals surface area contributed by atoms with Gasteiger partial charge in [0.2, 0.25) is 0 Å². The molecular weight excluding hydrogens is 230 g/mol. The summed E-state index contributed by atoms with van der Waals surface area (Å²) in [5.41, 5.74) is 0. The van der Waals surface area contributed by atoms with Crippen molar-refractivity contribution in [3.8, 4) is 0 Å². The lowest BCUT2D eigenvalue weighted by Gasteiger charge is -2.16. The summed E-state index contributed by atoms with van der Waals surface area (Å²) in [6, 6.07) is 0. The molecule has 18 heavy (non-hydrogen) atoms. The van der Waals surface area contributed by atoms with Crippen molar-refractivity contribution in [3.05, 3.63) is 18.2 Å². The van der Waals surface area contributed by atoms with E-state index in [1.54, 1.807) is 6.20 Å². The molecule has 5 nitrogen and oxygen atoms in total. The Bertz CT molecular complexity index is 403. The van der Waals surface area contributed by atoms with Crippen molar-refractivity contribution in [2.24, 2.45) is 11.8 Å². The van der Waals surface area contributed by atoms with Gasteiger partial charge in [-0.2, -0.15) is 0 Å². The van der Waals surface area contributed by atoms with Crippen LogP contribution in [-0.4, -0.2) is 33.7 Å². The third-order valence-corrected chi connectivity index (χ3v) is 3.84. The first-order valence-corrected chi connectivity index (χ1v) is 6.59. The molecule has 1 aliphatic carbocycles. The molecule has 0 spiro atoms. The predicted molar refractivity (Wildman–Crippen MR) is 68.3 cm³/mol. The van der Waals surface area contributed by atoms with Crippen LogP contribution in [-0.2, 0) is 11.3 Å². The maximum Gasteiger partial charge on any atom is 0.306 e. The lowest BCUT2D eigenvalue weighted by atomic mass is 9.96. The molecule has 5 heteroatoms. The molecule has 1 aromatic rings. The Hall–Kier alpha value is -1.36. The average Bonchev–Trinajstić information content (AvgIpc) is 2.94. The molecule has 0 bridgehead atoms. The Balaban J connectivity index is 1.69.